The number of hydrogen-bond acceptors (Lipinski definition) is 6. The molecular formula is C26H30N4O4. The molecule has 0 unspecified atom stereocenters. The molecule has 178 valence electrons. The van der Waals surface area contributed by atoms with Gasteiger partial charge in [-0.3, -0.25) is 24.6 Å². The Morgan fingerprint density at radius 1 is 0.971 bits per heavy atom. The average Bonchev–Trinajstić information content (AvgIpc) is 3.15. The lowest BCUT2D eigenvalue weighted by atomic mass is 10.0. The third kappa shape index (κ3) is 4.83. The highest BCUT2D eigenvalue weighted by molar-refractivity contribution is 6.05. The van der Waals surface area contributed by atoms with Crippen molar-refractivity contribution < 1.29 is 19.1 Å². The lowest BCUT2D eigenvalue weighted by Crippen LogP contribution is -2.52. The third-order valence-corrected chi connectivity index (χ3v) is 6.96. The minimum absolute atomic E-state index is 0.178. The molecule has 2 aromatic carbocycles. The fourth-order valence-electron chi connectivity index (χ4n) is 4.92. The van der Waals surface area contributed by atoms with Crippen molar-refractivity contribution in [3.05, 3.63) is 64.7 Å². The van der Waals surface area contributed by atoms with Crippen LogP contribution in [0.4, 0.5) is 0 Å². The van der Waals surface area contributed by atoms with Gasteiger partial charge in [0.15, 0.2) is 0 Å². The lowest BCUT2D eigenvalue weighted by molar-refractivity contribution is -0.136. The smallest absolute Gasteiger partial charge is 0.255 e. The van der Waals surface area contributed by atoms with Gasteiger partial charge >= 0.3 is 0 Å². The number of benzene rings is 2. The molecule has 0 aliphatic carbocycles. The van der Waals surface area contributed by atoms with E-state index in [4.69, 9.17) is 10.5 Å². The fourth-order valence-corrected chi connectivity index (χ4v) is 4.92. The van der Waals surface area contributed by atoms with Crippen molar-refractivity contribution >= 4 is 17.7 Å². The number of nitrogens with one attached hydrogen (secondary N) is 1. The van der Waals surface area contributed by atoms with Crippen molar-refractivity contribution in [1.29, 1.82) is 0 Å². The van der Waals surface area contributed by atoms with E-state index in [1.165, 1.54) is 5.56 Å². The monoisotopic (exact) mass is 462 g/mol. The molecule has 0 aromatic heterocycles. The van der Waals surface area contributed by atoms with Crippen LogP contribution >= 0.6 is 0 Å². The summed E-state index contributed by atoms with van der Waals surface area (Å²) in [5, 5.41) is 2.33. The van der Waals surface area contributed by atoms with E-state index >= 15 is 0 Å². The van der Waals surface area contributed by atoms with Gasteiger partial charge in [0, 0.05) is 31.1 Å². The number of carbonyl (C=O) groups excluding carboxylic acids is 3. The van der Waals surface area contributed by atoms with Crippen LogP contribution in [0.5, 0.6) is 5.75 Å². The summed E-state index contributed by atoms with van der Waals surface area (Å²) in [6.07, 6.45) is 2.72. The Hall–Kier alpha value is -3.23. The summed E-state index contributed by atoms with van der Waals surface area (Å²) in [6.45, 7) is 3.81. The average molecular weight is 463 g/mol. The van der Waals surface area contributed by atoms with Gasteiger partial charge in [0.2, 0.25) is 11.8 Å². The normalized spacial score (nSPS) is 21.5. The number of imide groups is 1. The zero-order chi connectivity index (χ0) is 23.7. The molecule has 1 atom stereocenters. The van der Waals surface area contributed by atoms with Crippen LogP contribution in [0.3, 0.4) is 0 Å². The first kappa shape index (κ1) is 22.6. The van der Waals surface area contributed by atoms with Gasteiger partial charge in [0.25, 0.3) is 5.91 Å². The molecular weight excluding hydrogens is 432 g/mol. The van der Waals surface area contributed by atoms with Crippen molar-refractivity contribution in [2.45, 2.75) is 57.5 Å². The van der Waals surface area contributed by atoms with Crippen LogP contribution in [-0.2, 0) is 29.3 Å². The number of ether oxygens (including phenoxy) is 1. The van der Waals surface area contributed by atoms with E-state index in [0.29, 0.717) is 36.9 Å². The summed E-state index contributed by atoms with van der Waals surface area (Å²) in [4.78, 5) is 40.4. The first-order valence-electron chi connectivity index (χ1n) is 11.9. The van der Waals surface area contributed by atoms with Gasteiger partial charge in [-0.25, -0.2) is 0 Å². The third-order valence-electron chi connectivity index (χ3n) is 6.96. The number of nitrogens with two attached hydrogens (primary N) is 1. The number of amides is 3. The standard InChI is InChI=1S/C26H30N4O4/c27-20-9-11-29(12-10-20)14-17-1-3-18(4-2-17)16-34-21-5-6-22-19(13-21)15-30(26(22)33)23-7-8-24(31)28-25(23)32/h1-6,13,20,23H,7-12,14-16,27H2,(H,28,31,32)/t23-/m0/s1. The van der Waals surface area contributed by atoms with E-state index in [0.717, 1.165) is 43.6 Å². The number of piperidine rings is 2. The van der Waals surface area contributed by atoms with E-state index in [1.807, 2.05) is 6.07 Å². The highest BCUT2D eigenvalue weighted by Gasteiger charge is 2.39. The van der Waals surface area contributed by atoms with Crippen molar-refractivity contribution in [2.75, 3.05) is 13.1 Å². The summed E-state index contributed by atoms with van der Waals surface area (Å²) >= 11 is 0. The minimum Gasteiger partial charge on any atom is -0.489 e. The predicted molar refractivity (Wildman–Crippen MR) is 126 cm³/mol. The second-order valence-electron chi connectivity index (χ2n) is 9.44. The highest BCUT2D eigenvalue weighted by Crippen LogP contribution is 2.30. The second kappa shape index (κ2) is 9.56. The summed E-state index contributed by atoms with van der Waals surface area (Å²) in [5.41, 5.74) is 9.77. The number of likely N-dealkylation sites (tertiary alicyclic amines) is 1. The molecule has 2 aromatic rings. The Morgan fingerprint density at radius 2 is 1.71 bits per heavy atom. The molecule has 34 heavy (non-hydrogen) atoms. The first-order chi connectivity index (χ1) is 16.5. The number of nitrogens with zero attached hydrogens (tertiary/aromatic N) is 2. The SMILES string of the molecule is NC1CCN(Cc2ccc(COc3ccc4c(c3)CN([C@H]3CCC(=O)NC3=O)C4=O)cc2)CC1. The summed E-state index contributed by atoms with van der Waals surface area (Å²) < 4.78 is 5.99. The molecule has 3 aliphatic heterocycles. The first-order valence-corrected chi connectivity index (χ1v) is 11.9. The maximum atomic E-state index is 12.8. The number of fused-ring (bicyclic) bond motifs is 1. The van der Waals surface area contributed by atoms with Gasteiger partial charge in [-0.05, 0) is 67.2 Å². The van der Waals surface area contributed by atoms with Crippen molar-refractivity contribution in [1.82, 2.24) is 15.1 Å². The molecule has 3 N–H and O–H groups in total. The Balaban J connectivity index is 1.17. The number of carbonyl (C=O) groups is 3. The van der Waals surface area contributed by atoms with Crippen LogP contribution in [0.1, 0.15) is 52.7 Å². The quantitative estimate of drug-likeness (QED) is 0.636. The zero-order valence-corrected chi connectivity index (χ0v) is 19.2. The van der Waals surface area contributed by atoms with Gasteiger partial charge in [-0.2, -0.15) is 0 Å². The van der Waals surface area contributed by atoms with E-state index in [9.17, 15) is 14.4 Å². The maximum Gasteiger partial charge on any atom is 0.255 e. The van der Waals surface area contributed by atoms with Crippen LogP contribution in [0, 0.1) is 0 Å². The fraction of sp³-hybridized carbons (Fsp3) is 0.423. The van der Waals surface area contributed by atoms with Crippen LogP contribution < -0.4 is 15.8 Å². The topological polar surface area (TPSA) is 105 Å². The van der Waals surface area contributed by atoms with E-state index in [2.05, 4.69) is 34.5 Å². The Labute approximate surface area is 199 Å². The van der Waals surface area contributed by atoms with Gasteiger partial charge < -0.3 is 15.4 Å². The predicted octanol–water partition coefficient (Wildman–Crippen LogP) is 1.95. The van der Waals surface area contributed by atoms with E-state index in [-0.39, 0.29) is 18.2 Å². The minimum atomic E-state index is -0.609. The molecule has 0 spiro atoms. The molecule has 8 nitrogen and oxygen atoms in total. The van der Waals surface area contributed by atoms with Crippen molar-refractivity contribution in [3.63, 3.8) is 0 Å². The van der Waals surface area contributed by atoms with E-state index < -0.39 is 11.9 Å². The van der Waals surface area contributed by atoms with Crippen molar-refractivity contribution in [3.8, 4) is 5.75 Å². The van der Waals surface area contributed by atoms with Gasteiger partial charge in [-0.1, -0.05) is 24.3 Å². The molecule has 2 saturated heterocycles. The largest absolute Gasteiger partial charge is 0.489 e. The number of rotatable bonds is 6. The molecule has 5 rings (SSSR count). The molecule has 0 bridgehead atoms. The Bertz CT molecular complexity index is 1090. The van der Waals surface area contributed by atoms with Crippen LogP contribution in [0.2, 0.25) is 0 Å². The molecule has 3 heterocycles. The lowest BCUT2D eigenvalue weighted by Gasteiger charge is -2.30. The molecule has 3 amide bonds. The van der Waals surface area contributed by atoms with Crippen LogP contribution in [0.15, 0.2) is 42.5 Å². The molecule has 0 radical (unpaired) electrons. The molecule has 2 fully saturated rings. The van der Waals surface area contributed by atoms with Crippen LogP contribution in [-0.4, -0.2) is 52.7 Å². The summed E-state index contributed by atoms with van der Waals surface area (Å²) in [7, 11) is 0. The number of hydrogen-bond donors (Lipinski definition) is 2. The maximum absolute atomic E-state index is 12.8. The summed E-state index contributed by atoms with van der Waals surface area (Å²) in [6, 6.07) is 13.6. The van der Waals surface area contributed by atoms with Gasteiger partial charge in [0.1, 0.15) is 18.4 Å². The highest BCUT2D eigenvalue weighted by atomic mass is 16.5. The van der Waals surface area contributed by atoms with Gasteiger partial charge in [-0.15, -0.1) is 0 Å². The summed E-state index contributed by atoms with van der Waals surface area (Å²) in [5.74, 6) is -0.181. The molecule has 3 aliphatic rings. The van der Waals surface area contributed by atoms with Crippen molar-refractivity contribution in [2.24, 2.45) is 5.73 Å². The Morgan fingerprint density at radius 3 is 2.44 bits per heavy atom. The Kier molecular flexibility index (Phi) is 6.34. The van der Waals surface area contributed by atoms with Gasteiger partial charge in [0.05, 0.1) is 0 Å². The van der Waals surface area contributed by atoms with E-state index in [1.54, 1.807) is 17.0 Å². The second-order valence-corrected chi connectivity index (χ2v) is 9.44. The van der Waals surface area contributed by atoms with Crippen LogP contribution in [0.25, 0.3) is 0 Å². The molecule has 8 heteroatoms. The zero-order valence-electron chi connectivity index (χ0n) is 19.2. The molecule has 0 saturated carbocycles.